The number of aromatic nitrogens is 1. The molecule has 0 aliphatic heterocycles. The average molecular weight is 348 g/mol. The summed E-state index contributed by atoms with van der Waals surface area (Å²) in [4.78, 5) is 16.1. The molecule has 1 unspecified atom stereocenters. The Morgan fingerprint density at radius 1 is 0.880 bits per heavy atom. The van der Waals surface area contributed by atoms with E-state index in [0.29, 0.717) is 18.1 Å². The summed E-state index contributed by atoms with van der Waals surface area (Å²) < 4.78 is 5.58. The second-order valence-electron chi connectivity index (χ2n) is 7.11. The third-order valence-corrected chi connectivity index (χ3v) is 4.80. The van der Waals surface area contributed by atoms with Crippen LogP contribution in [-0.2, 0) is 4.74 Å². The van der Waals surface area contributed by atoms with E-state index in [2.05, 4.69) is 18.8 Å². The van der Waals surface area contributed by atoms with Crippen LogP contribution in [0.1, 0.15) is 101 Å². The van der Waals surface area contributed by atoms with Gasteiger partial charge in [-0.15, -0.1) is 0 Å². The van der Waals surface area contributed by atoms with Crippen LogP contribution in [0.5, 0.6) is 0 Å². The monoisotopic (exact) mass is 347 g/mol. The number of carbonyl (C=O) groups excluding carboxylic acids is 1. The van der Waals surface area contributed by atoms with Gasteiger partial charge < -0.3 is 4.74 Å². The fraction of sp³-hybridized carbons (Fsp3) is 0.727. The van der Waals surface area contributed by atoms with E-state index < -0.39 is 0 Å². The van der Waals surface area contributed by atoms with Crippen LogP contribution in [0.15, 0.2) is 24.5 Å². The Hall–Kier alpha value is -1.38. The van der Waals surface area contributed by atoms with E-state index in [9.17, 15) is 4.79 Å². The van der Waals surface area contributed by atoms with E-state index in [-0.39, 0.29) is 5.97 Å². The molecule has 1 aromatic rings. The fourth-order valence-electron chi connectivity index (χ4n) is 3.15. The molecule has 1 heterocycles. The summed E-state index contributed by atoms with van der Waals surface area (Å²) in [5, 5.41) is 0. The molecule has 1 atom stereocenters. The van der Waals surface area contributed by atoms with Crippen molar-refractivity contribution in [2.24, 2.45) is 5.92 Å². The predicted molar refractivity (Wildman–Crippen MR) is 105 cm³/mol. The van der Waals surface area contributed by atoms with Gasteiger partial charge in [0.15, 0.2) is 0 Å². The molecule has 0 amide bonds. The Balaban J connectivity index is 2.32. The summed E-state index contributed by atoms with van der Waals surface area (Å²) in [6, 6.07) is 3.43. The molecule has 0 aromatic carbocycles. The lowest BCUT2D eigenvalue weighted by Crippen LogP contribution is -2.15. The lowest BCUT2D eigenvalue weighted by atomic mass is 9.95. The topological polar surface area (TPSA) is 39.2 Å². The first-order valence-corrected chi connectivity index (χ1v) is 10.3. The maximum Gasteiger partial charge on any atom is 0.338 e. The second kappa shape index (κ2) is 14.9. The van der Waals surface area contributed by atoms with Crippen molar-refractivity contribution < 1.29 is 9.53 Å². The number of rotatable bonds is 15. The summed E-state index contributed by atoms with van der Waals surface area (Å²) in [5.74, 6) is 0.290. The van der Waals surface area contributed by atoms with Crippen molar-refractivity contribution in [3.05, 3.63) is 30.1 Å². The van der Waals surface area contributed by atoms with Crippen LogP contribution in [0.25, 0.3) is 0 Å². The Bertz CT molecular complexity index is 433. The molecule has 3 nitrogen and oxygen atoms in total. The highest BCUT2D eigenvalue weighted by atomic mass is 16.5. The van der Waals surface area contributed by atoms with Crippen molar-refractivity contribution in [2.45, 2.75) is 90.9 Å². The first-order chi connectivity index (χ1) is 12.3. The second-order valence-corrected chi connectivity index (χ2v) is 7.11. The van der Waals surface area contributed by atoms with Gasteiger partial charge in [0.2, 0.25) is 0 Å². The molecule has 0 radical (unpaired) electrons. The quantitative estimate of drug-likeness (QED) is 0.266. The first kappa shape index (κ1) is 21.7. The van der Waals surface area contributed by atoms with Crippen LogP contribution in [0.3, 0.4) is 0 Å². The zero-order chi connectivity index (χ0) is 18.2. The van der Waals surface area contributed by atoms with Crippen LogP contribution in [0, 0.1) is 5.92 Å². The molecule has 0 N–H and O–H groups in total. The standard InChI is InChI=1S/C22H37NO2/c1-3-5-7-9-10-12-14-20(13-11-8-6-4-2)19-25-22(24)21-15-17-23-18-16-21/h15-18,20H,3-14,19H2,1-2H3. The van der Waals surface area contributed by atoms with Gasteiger partial charge in [0, 0.05) is 12.4 Å². The molecule has 3 heteroatoms. The van der Waals surface area contributed by atoms with Gasteiger partial charge in [-0.2, -0.15) is 0 Å². The number of carbonyl (C=O) groups is 1. The summed E-state index contributed by atoms with van der Waals surface area (Å²) in [6.45, 7) is 5.05. The third-order valence-electron chi connectivity index (χ3n) is 4.80. The molecular weight excluding hydrogens is 310 g/mol. The number of nitrogens with zero attached hydrogens (tertiary/aromatic N) is 1. The molecule has 0 saturated carbocycles. The highest BCUT2D eigenvalue weighted by molar-refractivity contribution is 5.89. The fourth-order valence-corrected chi connectivity index (χ4v) is 3.15. The van der Waals surface area contributed by atoms with Crippen LogP contribution >= 0.6 is 0 Å². The molecule has 0 bridgehead atoms. The molecule has 0 aliphatic rings. The normalized spacial score (nSPS) is 12.1. The van der Waals surface area contributed by atoms with Crippen LogP contribution in [0.4, 0.5) is 0 Å². The van der Waals surface area contributed by atoms with Gasteiger partial charge in [0.05, 0.1) is 12.2 Å². The zero-order valence-electron chi connectivity index (χ0n) is 16.3. The van der Waals surface area contributed by atoms with Gasteiger partial charge in [-0.3, -0.25) is 4.98 Å². The van der Waals surface area contributed by atoms with E-state index in [1.165, 1.54) is 77.0 Å². The predicted octanol–water partition coefficient (Wildman–Crippen LogP) is 6.58. The van der Waals surface area contributed by atoms with Crippen molar-refractivity contribution in [1.29, 1.82) is 0 Å². The molecule has 0 spiro atoms. The highest BCUT2D eigenvalue weighted by Gasteiger charge is 2.13. The zero-order valence-corrected chi connectivity index (χ0v) is 16.3. The minimum atomic E-state index is -0.219. The Labute approximate surface area is 154 Å². The van der Waals surface area contributed by atoms with E-state index in [1.54, 1.807) is 24.5 Å². The van der Waals surface area contributed by atoms with Gasteiger partial charge in [-0.25, -0.2) is 4.79 Å². The third kappa shape index (κ3) is 11.0. The molecule has 1 rings (SSSR count). The number of hydrogen-bond donors (Lipinski definition) is 0. The Morgan fingerprint density at radius 2 is 1.40 bits per heavy atom. The average Bonchev–Trinajstić information content (AvgIpc) is 2.65. The molecular formula is C22H37NO2. The summed E-state index contributed by atoms with van der Waals surface area (Å²) >= 11 is 0. The maximum absolute atomic E-state index is 12.1. The molecule has 1 aromatic heterocycles. The smallest absolute Gasteiger partial charge is 0.338 e. The lowest BCUT2D eigenvalue weighted by molar-refractivity contribution is 0.0422. The summed E-state index contributed by atoms with van der Waals surface area (Å²) in [5.41, 5.74) is 0.597. The Morgan fingerprint density at radius 3 is 2.00 bits per heavy atom. The van der Waals surface area contributed by atoms with Crippen molar-refractivity contribution in [3.8, 4) is 0 Å². The van der Waals surface area contributed by atoms with Gasteiger partial charge in [-0.05, 0) is 30.9 Å². The van der Waals surface area contributed by atoms with Crippen molar-refractivity contribution in [1.82, 2.24) is 4.98 Å². The first-order valence-electron chi connectivity index (χ1n) is 10.3. The summed E-state index contributed by atoms with van der Waals surface area (Å²) in [7, 11) is 0. The summed E-state index contributed by atoms with van der Waals surface area (Å²) in [6.07, 6.45) is 18.7. The molecule has 0 aliphatic carbocycles. The van der Waals surface area contributed by atoms with Gasteiger partial charge >= 0.3 is 5.97 Å². The van der Waals surface area contributed by atoms with Crippen molar-refractivity contribution in [2.75, 3.05) is 6.61 Å². The Kier molecular flexibility index (Phi) is 12.9. The van der Waals surface area contributed by atoms with Gasteiger partial charge in [-0.1, -0.05) is 78.1 Å². The molecule has 0 saturated heterocycles. The van der Waals surface area contributed by atoms with Crippen molar-refractivity contribution in [3.63, 3.8) is 0 Å². The van der Waals surface area contributed by atoms with Crippen LogP contribution in [0.2, 0.25) is 0 Å². The number of unbranched alkanes of at least 4 members (excludes halogenated alkanes) is 8. The van der Waals surface area contributed by atoms with E-state index >= 15 is 0 Å². The van der Waals surface area contributed by atoms with E-state index in [1.807, 2.05) is 0 Å². The lowest BCUT2D eigenvalue weighted by Gasteiger charge is -2.17. The minimum absolute atomic E-state index is 0.219. The van der Waals surface area contributed by atoms with Crippen LogP contribution < -0.4 is 0 Å². The molecule has 25 heavy (non-hydrogen) atoms. The van der Waals surface area contributed by atoms with Gasteiger partial charge in [0.1, 0.15) is 0 Å². The maximum atomic E-state index is 12.1. The number of pyridine rings is 1. The van der Waals surface area contributed by atoms with Crippen LogP contribution in [-0.4, -0.2) is 17.6 Å². The van der Waals surface area contributed by atoms with E-state index in [4.69, 9.17) is 4.74 Å². The minimum Gasteiger partial charge on any atom is -0.462 e. The van der Waals surface area contributed by atoms with Crippen molar-refractivity contribution >= 4 is 5.97 Å². The number of esters is 1. The number of ether oxygens (including phenoxy) is 1. The molecule has 142 valence electrons. The largest absolute Gasteiger partial charge is 0.462 e. The highest BCUT2D eigenvalue weighted by Crippen LogP contribution is 2.20. The molecule has 0 fully saturated rings. The van der Waals surface area contributed by atoms with E-state index in [0.717, 1.165) is 0 Å². The SMILES string of the molecule is CCCCCCCCC(CCCCCC)COC(=O)c1ccncc1. The van der Waals surface area contributed by atoms with Gasteiger partial charge in [0.25, 0.3) is 0 Å². The number of hydrogen-bond acceptors (Lipinski definition) is 3.